The minimum atomic E-state index is -0.153. The van der Waals surface area contributed by atoms with Crippen LogP contribution in [0.15, 0.2) is 47.2 Å². The maximum atomic E-state index is 5.98. The summed E-state index contributed by atoms with van der Waals surface area (Å²) in [5.41, 5.74) is 1.82. The Bertz CT molecular complexity index is 838. The number of fused-ring (bicyclic) bond motifs is 1. The van der Waals surface area contributed by atoms with Crippen molar-refractivity contribution in [3.8, 4) is 0 Å². The van der Waals surface area contributed by atoms with Crippen molar-refractivity contribution in [2.75, 3.05) is 0 Å². The van der Waals surface area contributed by atoms with E-state index in [9.17, 15) is 0 Å². The van der Waals surface area contributed by atoms with Crippen LogP contribution < -0.4 is 0 Å². The number of hydrogen-bond acceptors (Lipinski definition) is 6. The molecular formula is C13H10ClN7S. The number of aromatic nitrogens is 6. The van der Waals surface area contributed by atoms with Crippen molar-refractivity contribution in [3.05, 3.63) is 53.3 Å². The SMILES string of the molecule is Cc1nnc2n1N=C(c1ccc(Cl)cc1)C(n1cncn1)S2. The third-order valence-corrected chi connectivity index (χ3v) is 4.62. The van der Waals surface area contributed by atoms with Crippen molar-refractivity contribution in [2.45, 2.75) is 17.5 Å². The van der Waals surface area contributed by atoms with Gasteiger partial charge in [-0.05, 0) is 19.1 Å². The highest BCUT2D eigenvalue weighted by Crippen LogP contribution is 2.36. The highest BCUT2D eigenvalue weighted by molar-refractivity contribution is 8.00. The smallest absolute Gasteiger partial charge is 0.214 e. The van der Waals surface area contributed by atoms with Gasteiger partial charge in [-0.3, -0.25) is 0 Å². The van der Waals surface area contributed by atoms with E-state index in [0.29, 0.717) is 5.02 Å². The molecule has 4 rings (SSSR count). The summed E-state index contributed by atoms with van der Waals surface area (Å²) >= 11 is 7.51. The number of aryl methyl sites for hydroxylation is 1. The van der Waals surface area contributed by atoms with Gasteiger partial charge in [0, 0.05) is 10.6 Å². The third kappa shape index (κ3) is 2.20. The number of rotatable bonds is 2. The summed E-state index contributed by atoms with van der Waals surface area (Å²) in [7, 11) is 0. The van der Waals surface area contributed by atoms with E-state index in [4.69, 9.17) is 16.7 Å². The second-order valence-corrected chi connectivity index (χ2v) is 6.16. The first kappa shape index (κ1) is 13.5. The first-order valence-electron chi connectivity index (χ1n) is 6.50. The quantitative estimate of drug-likeness (QED) is 0.721. The second-order valence-electron chi connectivity index (χ2n) is 4.68. The Morgan fingerprint density at radius 3 is 2.73 bits per heavy atom. The summed E-state index contributed by atoms with van der Waals surface area (Å²) in [6.45, 7) is 1.87. The van der Waals surface area contributed by atoms with Crippen LogP contribution >= 0.6 is 23.4 Å². The average molecular weight is 332 g/mol. The summed E-state index contributed by atoms with van der Waals surface area (Å²) in [4.78, 5) is 4.02. The topological polar surface area (TPSA) is 73.8 Å². The van der Waals surface area contributed by atoms with Gasteiger partial charge >= 0.3 is 0 Å². The van der Waals surface area contributed by atoms with Gasteiger partial charge in [0.25, 0.3) is 0 Å². The van der Waals surface area contributed by atoms with Crippen molar-refractivity contribution in [1.29, 1.82) is 0 Å². The summed E-state index contributed by atoms with van der Waals surface area (Å²) < 4.78 is 3.49. The number of benzene rings is 1. The van der Waals surface area contributed by atoms with Gasteiger partial charge in [0.2, 0.25) is 5.16 Å². The summed E-state index contributed by atoms with van der Waals surface area (Å²) in [5, 5.41) is 18.4. The minimum Gasteiger partial charge on any atom is -0.233 e. The van der Waals surface area contributed by atoms with Gasteiger partial charge in [-0.15, -0.1) is 10.2 Å². The van der Waals surface area contributed by atoms with Gasteiger partial charge < -0.3 is 0 Å². The molecule has 2 aromatic heterocycles. The predicted molar refractivity (Wildman–Crippen MR) is 83.1 cm³/mol. The van der Waals surface area contributed by atoms with E-state index in [-0.39, 0.29) is 5.37 Å². The lowest BCUT2D eigenvalue weighted by Gasteiger charge is -2.22. The molecule has 9 heteroatoms. The molecule has 1 unspecified atom stereocenters. The molecule has 0 amide bonds. The van der Waals surface area contributed by atoms with E-state index in [1.54, 1.807) is 15.7 Å². The Balaban J connectivity index is 1.87. The normalized spacial score (nSPS) is 17.2. The third-order valence-electron chi connectivity index (χ3n) is 3.24. The fourth-order valence-corrected chi connectivity index (χ4v) is 3.38. The van der Waals surface area contributed by atoms with Crippen LogP contribution in [0.5, 0.6) is 0 Å². The largest absolute Gasteiger partial charge is 0.233 e. The molecule has 0 saturated heterocycles. The van der Waals surface area contributed by atoms with E-state index in [2.05, 4.69) is 20.3 Å². The monoisotopic (exact) mass is 331 g/mol. The lowest BCUT2D eigenvalue weighted by Crippen LogP contribution is -2.23. The highest BCUT2D eigenvalue weighted by Gasteiger charge is 2.30. The molecule has 0 saturated carbocycles. The summed E-state index contributed by atoms with van der Waals surface area (Å²) in [5.74, 6) is 0.742. The van der Waals surface area contributed by atoms with Crippen LogP contribution in [0.2, 0.25) is 5.02 Å². The van der Waals surface area contributed by atoms with Crippen LogP contribution in [-0.4, -0.2) is 35.3 Å². The molecule has 1 aromatic carbocycles. The lowest BCUT2D eigenvalue weighted by molar-refractivity contribution is 0.658. The molecule has 0 aliphatic carbocycles. The van der Waals surface area contributed by atoms with Crippen molar-refractivity contribution in [3.63, 3.8) is 0 Å². The Labute approximate surface area is 135 Å². The molecule has 0 N–H and O–H groups in total. The molecule has 0 spiro atoms. The number of nitrogens with zero attached hydrogens (tertiary/aromatic N) is 7. The number of hydrogen-bond donors (Lipinski definition) is 0. The van der Waals surface area contributed by atoms with Crippen LogP contribution in [0.1, 0.15) is 16.8 Å². The zero-order valence-corrected chi connectivity index (χ0v) is 13.0. The van der Waals surface area contributed by atoms with E-state index >= 15 is 0 Å². The molecule has 110 valence electrons. The van der Waals surface area contributed by atoms with Gasteiger partial charge in [0.05, 0.1) is 0 Å². The van der Waals surface area contributed by atoms with Crippen molar-refractivity contribution in [2.24, 2.45) is 5.10 Å². The number of thioether (sulfide) groups is 1. The Hall–Kier alpha value is -2.19. The van der Waals surface area contributed by atoms with Gasteiger partial charge in [0.1, 0.15) is 18.4 Å². The molecule has 1 aliphatic heterocycles. The maximum absolute atomic E-state index is 5.98. The standard InChI is InChI=1S/C13H10ClN7S/c1-8-17-18-13-21(8)19-11(9-2-4-10(14)5-3-9)12(22-13)20-7-15-6-16-20/h2-7,12H,1H3. The van der Waals surface area contributed by atoms with E-state index < -0.39 is 0 Å². The summed E-state index contributed by atoms with van der Waals surface area (Å²) in [6.07, 6.45) is 3.17. The second kappa shape index (κ2) is 5.22. The Kier molecular flexibility index (Phi) is 3.20. The van der Waals surface area contributed by atoms with Gasteiger partial charge in [-0.2, -0.15) is 14.9 Å². The number of halogens is 1. The van der Waals surface area contributed by atoms with Crippen LogP contribution in [0.25, 0.3) is 0 Å². The van der Waals surface area contributed by atoms with E-state index in [1.807, 2.05) is 31.2 Å². The first-order valence-corrected chi connectivity index (χ1v) is 7.76. The zero-order chi connectivity index (χ0) is 15.1. The fourth-order valence-electron chi connectivity index (χ4n) is 2.18. The lowest BCUT2D eigenvalue weighted by atomic mass is 10.1. The Morgan fingerprint density at radius 1 is 1.18 bits per heavy atom. The molecule has 7 nitrogen and oxygen atoms in total. The van der Waals surface area contributed by atoms with Crippen molar-refractivity contribution >= 4 is 29.1 Å². The highest BCUT2D eigenvalue weighted by atomic mass is 35.5. The van der Waals surface area contributed by atoms with Gasteiger partial charge in [-0.25, -0.2) is 9.67 Å². The molecule has 0 fully saturated rings. The molecule has 22 heavy (non-hydrogen) atoms. The molecule has 0 bridgehead atoms. The van der Waals surface area contributed by atoms with E-state index in [0.717, 1.165) is 22.3 Å². The minimum absolute atomic E-state index is 0.153. The van der Waals surface area contributed by atoms with Gasteiger partial charge in [0.15, 0.2) is 11.2 Å². The van der Waals surface area contributed by atoms with Crippen molar-refractivity contribution in [1.82, 2.24) is 29.6 Å². The van der Waals surface area contributed by atoms with Crippen LogP contribution in [0.4, 0.5) is 0 Å². The van der Waals surface area contributed by atoms with Gasteiger partial charge in [-0.1, -0.05) is 35.5 Å². The van der Waals surface area contributed by atoms with Crippen LogP contribution in [0, 0.1) is 6.92 Å². The molecule has 1 atom stereocenters. The van der Waals surface area contributed by atoms with Crippen molar-refractivity contribution < 1.29 is 0 Å². The molecule has 1 aliphatic rings. The van der Waals surface area contributed by atoms with E-state index in [1.165, 1.54) is 18.1 Å². The van der Waals surface area contributed by atoms with Crippen LogP contribution in [-0.2, 0) is 0 Å². The first-order chi connectivity index (χ1) is 10.7. The maximum Gasteiger partial charge on any atom is 0.214 e. The molecular weight excluding hydrogens is 322 g/mol. The fraction of sp³-hybridized carbons (Fsp3) is 0.154. The summed E-state index contributed by atoms with van der Waals surface area (Å²) in [6, 6.07) is 7.57. The predicted octanol–water partition coefficient (Wildman–Crippen LogP) is 2.39. The molecule has 3 heterocycles. The zero-order valence-electron chi connectivity index (χ0n) is 11.5. The molecule has 3 aromatic rings. The average Bonchev–Trinajstić information content (AvgIpc) is 3.17. The Morgan fingerprint density at radius 2 is 2.00 bits per heavy atom. The molecule has 0 radical (unpaired) electrons. The van der Waals surface area contributed by atoms with Crippen LogP contribution in [0.3, 0.4) is 0 Å².